The molecule has 0 unspecified atom stereocenters. The van der Waals surface area contributed by atoms with Crippen molar-refractivity contribution in [1.82, 2.24) is 5.32 Å². The monoisotopic (exact) mass is 444 g/mol. The fourth-order valence-electron chi connectivity index (χ4n) is 3.16. The molecule has 6 heteroatoms. The highest BCUT2D eigenvalue weighted by Gasteiger charge is 2.01. The number of Topliss-reactive ketones (excluding diaryl/α,β-unsaturated/α-hetero) is 1. The third-order valence-electron chi connectivity index (χ3n) is 4.85. The van der Waals surface area contributed by atoms with Gasteiger partial charge in [0.1, 0.15) is 6.61 Å². The third-order valence-corrected chi connectivity index (χ3v) is 4.85. The molecule has 3 N–H and O–H groups in total. The summed E-state index contributed by atoms with van der Waals surface area (Å²) < 4.78 is 10.4. The molecule has 0 atom stereocenters. The van der Waals surface area contributed by atoms with Gasteiger partial charge in [0.25, 0.3) is 0 Å². The van der Waals surface area contributed by atoms with Crippen molar-refractivity contribution in [2.24, 2.45) is 5.73 Å². The first-order chi connectivity index (χ1) is 15.2. The van der Waals surface area contributed by atoms with Crippen LogP contribution in [0.15, 0.2) is 0 Å². The van der Waals surface area contributed by atoms with Crippen LogP contribution in [0.2, 0.25) is 0 Å². The van der Waals surface area contributed by atoms with Crippen LogP contribution < -0.4 is 11.1 Å². The second-order valence-electron chi connectivity index (χ2n) is 7.85. The van der Waals surface area contributed by atoms with Crippen LogP contribution in [0.4, 0.5) is 0 Å². The number of amides is 1. The van der Waals surface area contributed by atoms with Gasteiger partial charge in [-0.15, -0.1) is 0 Å². The van der Waals surface area contributed by atoms with Gasteiger partial charge in [-0.05, 0) is 26.3 Å². The zero-order valence-electron chi connectivity index (χ0n) is 20.9. The number of nitrogens with one attached hydrogen (secondary N) is 1. The molecule has 0 aromatic rings. The summed E-state index contributed by atoms with van der Waals surface area (Å²) in [5, 5.41) is 2.87. The summed E-state index contributed by atoms with van der Waals surface area (Å²) in [6.07, 6.45) is 17.2. The molecule has 186 valence electrons. The summed E-state index contributed by atoms with van der Waals surface area (Å²) in [6.45, 7) is 8.31. The molecule has 0 radical (unpaired) electrons. The lowest BCUT2D eigenvalue weighted by molar-refractivity contribution is -0.123. The minimum Gasteiger partial charge on any atom is -0.377 e. The van der Waals surface area contributed by atoms with E-state index in [9.17, 15) is 9.59 Å². The number of rotatable bonds is 23. The molecule has 0 aliphatic heterocycles. The zero-order chi connectivity index (χ0) is 23.4. The average molecular weight is 445 g/mol. The van der Waals surface area contributed by atoms with Gasteiger partial charge in [0.05, 0.1) is 19.8 Å². The van der Waals surface area contributed by atoms with Gasteiger partial charge in [-0.3, -0.25) is 9.59 Å². The van der Waals surface area contributed by atoms with Gasteiger partial charge in [0, 0.05) is 13.0 Å². The molecule has 0 aliphatic carbocycles. The van der Waals surface area contributed by atoms with E-state index in [4.69, 9.17) is 15.2 Å². The zero-order valence-corrected chi connectivity index (χ0v) is 20.9. The molecule has 1 amide bonds. The predicted molar refractivity (Wildman–Crippen MR) is 130 cm³/mol. The maximum atomic E-state index is 11.7. The average Bonchev–Trinajstić information content (AvgIpc) is 2.77. The van der Waals surface area contributed by atoms with E-state index in [0.29, 0.717) is 32.8 Å². The van der Waals surface area contributed by atoms with E-state index >= 15 is 0 Å². The topological polar surface area (TPSA) is 90.6 Å². The van der Waals surface area contributed by atoms with Gasteiger partial charge >= 0.3 is 0 Å². The quantitative estimate of drug-likeness (QED) is 0.212. The van der Waals surface area contributed by atoms with Gasteiger partial charge < -0.3 is 20.5 Å². The lowest BCUT2D eigenvalue weighted by Gasteiger charge is -2.07. The molecule has 0 aromatic carbocycles. The normalized spacial score (nSPS) is 10.5. The van der Waals surface area contributed by atoms with Crippen LogP contribution in [0.5, 0.6) is 0 Å². The van der Waals surface area contributed by atoms with Gasteiger partial charge in [-0.25, -0.2) is 0 Å². The van der Waals surface area contributed by atoms with E-state index in [0.717, 1.165) is 19.4 Å². The van der Waals surface area contributed by atoms with Gasteiger partial charge in [0.15, 0.2) is 5.78 Å². The van der Waals surface area contributed by atoms with Crippen molar-refractivity contribution in [3.8, 4) is 0 Å². The Balaban J connectivity index is 0. The van der Waals surface area contributed by atoms with Crippen molar-refractivity contribution in [2.75, 3.05) is 39.5 Å². The predicted octanol–water partition coefficient (Wildman–Crippen LogP) is 5.17. The summed E-state index contributed by atoms with van der Waals surface area (Å²) in [7, 11) is 0. The van der Waals surface area contributed by atoms with Crippen LogP contribution in [-0.2, 0) is 19.1 Å². The number of nitrogens with two attached hydrogens (primary N) is 1. The molecule has 0 bridgehead atoms. The third kappa shape index (κ3) is 31.3. The Bertz CT molecular complexity index is 379. The minimum atomic E-state index is 0.0116. The Morgan fingerprint density at radius 3 is 1.61 bits per heavy atom. The molecule has 0 rings (SSSR count). The van der Waals surface area contributed by atoms with Crippen LogP contribution in [0, 0.1) is 0 Å². The van der Waals surface area contributed by atoms with Crippen LogP contribution in [0.1, 0.15) is 111 Å². The molecule has 31 heavy (non-hydrogen) atoms. The van der Waals surface area contributed by atoms with E-state index in [1.165, 1.54) is 77.6 Å². The summed E-state index contributed by atoms with van der Waals surface area (Å²) in [6, 6.07) is 0. The molecular weight excluding hydrogens is 392 g/mol. The van der Waals surface area contributed by atoms with Crippen LogP contribution >= 0.6 is 0 Å². The standard InChI is InChI=1S/C23H46N2O4.C2H6/c1-22(26)21-29-20-19-28-18-17-25-23(27)15-13-11-9-7-5-3-2-4-6-8-10-12-14-16-24;1-2/h2-21,24H2,1H3,(H,25,27);1-2H3. The largest absolute Gasteiger partial charge is 0.377 e. The summed E-state index contributed by atoms with van der Waals surface area (Å²) in [5.74, 6) is 0.116. The maximum absolute atomic E-state index is 11.7. The second kappa shape index (κ2) is 29.0. The number of hydrogen-bond donors (Lipinski definition) is 2. The number of hydrogen-bond acceptors (Lipinski definition) is 5. The van der Waals surface area contributed by atoms with Crippen molar-refractivity contribution in [2.45, 2.75) is 111 Å². The van der Waals surface area contributed by atoms with E-state index in [-0.39, 0.29) is 18.3 Å². The van der Waals surface area contributed by atoms with Crippen molar-refractivity contribution in [3.63, 3.8) is 0 Å². The Morgan fingerprint density at radius 1 is 0.677 bits per heavy atom. The molecule has 0 aromatic heterocycles. The van der Waals surface area contributed by atoms with Crippen molar-refractivity contribution in [1.29, 1.82) is 0 Å². The highest BCUT2D eigenvalue weighted by Crippen LogP contribution is 2.12. The summed E-state index contributed by atoms with van der Waals surface area (Å²) in [4.78, 5) is 22.4. The van der Waals surface area contributed by atoms with Gasteiger partial charge in [-0.2, -0.15) is 0 Å². The number of ketones is 1. The SMILES string of the molecule is CC.CC(=O)COCCOCCNC(=O)CCCCCCCCCCCCCCCN. The first-order valence-corrected chi connectivity index (χ1v) is 12.8. The van der Waals surface area contributed by atoms with Crippen molar-refractivity contribution >= 4 is 11.7 Å². The van der Waals surface area contributed by atoms with Crippen molar-refractivity contribution in [3.05, 3.63) is 0 Å². The molecule has 0 spiro atoms. The lowest BCUT2D eigenvalue weighted by Crippen LogP contribution is -2.27. The van der Waals surface area contributed by atoms with E-state index in [1.54, 1.807) is 0 Å². The van der Waals surface area contributed by atoms with Crippen LogP contribution in [0.25, 0.3) is 0 Å². The highest BCUT2D eigenvalue weighted by molar-refractivity contribution is 5.76. The molecular formula is C25H52N2O4. The Morgan fingerprint density at radius 2 is 1.13 bits per heavy atom. The lowest BCUT2D eigenvalue weighted by atomic mass is 10.0. The molecule has 0 saturated carbocycles. The Labute approximate surface area is 192 Å². The smallest absolute Gasteiger partial charge is 0.220 e. The fraction of sp³-hybridized carbons (Fsp3) is 0.920. The fourth-order valence-corrected chi connectivity index (χ4v) is 3.16. The summed E-state index contributed by atoms with van der Waals surface area (Å²) in [5.41, 5.74) is 5.50. The summed E-state index contributed by atoms with van der Waals surface area (Å²) >= 11 is 0. The second-order valence-corrected chi connectivity index (χ2v) is 7.85. The molecule has 0 aliphatic rings. The number of carbonyl (C=O) groups is 2. The first kappa shape index (κ1) is 32.2. The van der Waals surface area contributed by atoms with E-state index < -0.39 is 0 Å². The number of carbonyl (C=O) groups excluding carboxylic acids is 2. The van der Waals surface area contributed by atoms with E-state index in [1.807, 2.05) is 13.8 Å². The molecule has 0 saturated heterocycles. The highest BCUT2D eigenvalue weighted by atomic mass is 16.5. The number of ether oxygens (including phenoxy) is 2. The molecule has 0 heterocycles. The number of unbranched alkanes of at least 4 members (excludes halogenated alkanes) is 12. The van der Waals surface area contributed by atoms with Crippen molar-refractivity contribution < 1.29 is 19.1 Å². The van der Waals surface area contributed by atoms with Crippen LogP contribution in [0.3, 0.4) is 0 Å². The van der Waals surface area contributed by atoms with Crippen LogP contribution in [-0.4, -0.2) is 51.2 Å². The molecule has 6 nitrogen and oxygen atoms in total. The van der Waals surface area contributed by atoms with E-state index in [2.05, 4.69) is 5.32 Å². The maximum Gasteiger partial charge on any atom is 0.220 e. The van der Waals surface area contributed by atoms with Gasteiger partial charge in [0.2, 0.25) is 5.91 Å². The van der Waals surface area contributed by atoms with Gasteiger partial charge in [-0.1, -0.05) is 84.5 Å². The minimum absolute atomic E-state index is 0.0116. The first-order valence-electron chi connectivity index (χ1n) is 12.8. The Hall–Kier alpha value is -0.980. The Kier molecular flexibility index (Phi) is 30.1. The molecule has 0 fully saturated rings.